The highest BCUT2D eigenvalue weighted by molar-refractivity contribution is 7.89. The first-order valence-electron chi connectivity index (χ1n) is 8.93. The topological polar surface area (TPSA) is 113 Å². The second-order valence-electron chi connectivity index (χ2n) is 6.87. The quantitative estimate of drug-likeness (QED) is 0.624. The van der Waals surface area contributed by atoms with Gasteiger partial charge in [-0.1, -0.05) is 6.07 Å². The van der Waals surface area contributed by atoms with E-state index < -0.39 is 43.2 Å². The number of nitrogens with one attached hydrogen (secondary N) is 1. The number of rotatable bonds is 8. The van der Waals surface area contributed by atoms with Crippen molar-refractivity contribution in [2.24, 2.45) is 0 Å². The van der Waals surface area contributed by atoms with Crippen LogP contribution in [0.5, 0.6) is 5.75 Å². The molecule has 31 heavy (non-hydrogen) atoms. The maximum Gasteiger partial charge on any atom is 0.247 e. The lowest BCUT2D eigenvalue weighted by Crippen LogP contribution is -2.35. The molecular weight excluding hydrogens is 449 g/mol. The Morgan fingerprint density at radius 1 is 1.03 bits per heavy atom. The van der Waals surface area contributed by atoms with Crippen molar-refractivity contribution in [3.63, 3.8) is 0 Å². The molecule has 0 atom stereocenters. The molecule has 0 radical (unpaired) electrons. The van der Waals surface area contributed by atoms with E-state index in [2.05, 4.69) is 5.32 Å². The molecule has 170 valence electrons. The van der Waals surface area contributed by atoms with E-state index in [0.29, 0.717) is 5.56 Å². The van der Waals surface area contributed by atoms with Crippen molar-refractivity contribution < 1.29 is 30.8 Å². The van der Waals surface area contributed by atoms with Gasteiger partial charge >= 0.3 is 0 Å². The van der Waals surface area contributed by atoms with Crippen molar-refractivity contribution in [2.45, 2.75) is 16.7 Å². The lowest BCUT2D eigenvalue weighted by Gasteiger charge is -2.19. The van der Waals surface area contributed by atoms with E-state index in [1.54, 1.807) is 6.92 Å². The van der Waals surface area contributed by atoms with Crippen molar-refractivity contribution >= 4 is 31.6 Å². The van der Waals surface area contributed by atoms with Gasteiger partial charge in [0.1, 0.15) is 16.5 Å². The van der Waals surface area contributed by atoms with Crippen LogP contribution >= 0.6 is 0 Å². The van der Waals surface area contributed by atoms with Crippen LogP contribution in [0.4, 0.5) is 10.1 Å². The Kier molecular flexibility index (Phi) is 7.42. The number of amides is 1. The molecule has 0 aliphatic carbocycles. The molecule has 0 bridgehead atoms. The number of nitrogens with zero attached hydrogens (tertiary/aromatic N) is 2. The van der Waals surface area contributed by atoms with Crippen LogP contribution in [0.2, 0.25) is 0 Å². The SMILES string of the molecule is COc1ccc(F)cc1S(=O)(=O)N(C)CC(=O)Nc1cc(S(=O)(=O)N(C)C)ccc1C. The number of benzene rings is 2. The molecule has 0 unspecified atom stereocenters. The third-order valence-corrected chi connectivity index (χ3v) is 8.08. The molecule has 0 fully saturated rings. The highest BCUT2D eigenvalue weighted by Crippen LogP contribution is 2.27. The number of methoxy groups -OCH3 is 1. The van der Waals surface area contributed by atoms with Crippen LogP contribution in [0, 0.1) is 12.7 Å². The smallest absolute Gasteiger partial charge is 0.247 e. The number of carbonyl (C=O) groups is 1. The number of hydrogen-bond acceptors (Lipinski definition) is 6. The Morgan fingerprint density at radius 2 is 1.68 bits per heavy atom. The molecule has 12 heteroatoms. The van der Waals surface area contributed by atoms with Gasteiger partial charge in [-0.2, -0.15) is 4.31 Å². The summed E-state index contributed by atoms with van der Waals surface area (Å²) in [5.41, 5.74) is 0.811. The van der Waals surface area contributed by atoms with Gasteiger partial charge in [0.25, 0.3) is 0 Å². The van der Waals surface area contributed by atoms with Crippen molar-refractivity contribution in [1.29, 1.82) is 0 Å². The molecule has 2 aromatic carbocycles. The maximum absolute atomic E-state index is 13.6. The van der Waals surface area contributed by atoms with E-state index in [4.69, 9.17) is 4.74 Å². The highest BCUT2D eigenvalue weighted by atomic mass is 32.2. The third-order valence-electron chi connectivity index (χ3n) is 4.44. The fourth-order valence-corrected chi connectivity index (χ4v) is 4.82. The van der Waals surface area contributed by atoms with Gasteiger partial charge in [-0.15, -0.1) is 0 Å². The zero-order valence-electron chi connectivity index (χ0n) is 17.7. The first-order chi connectivity index (χ1) is 14.3. The second-order valence-corrected chi connectivity index (χ2v) is 11.0. The zero-order valence-corrected chi connectivity index (χ0v) is 19.3. The molecule has 0 spiro atoms. The average Bonchev–Trinajstić information content (AvgIpc) is 2.69. The minimum atomic E-state index is -4.24. The molecule has 0 aliphatic heterocycles. The van der Waals surface area contributed by atoms with Gasteiger partial charge < -0.3 is 10.1 Å². The van der Waals surface area contributed by atoms with Crippen molar-refractivity contribution in [1.82, 2.24) is 8.61 Å². The van der Waals surface area contributed by atoms with E-state index >= 15 is 0 Å². The van der Waals surface area contributed by atoms with Crippen molar-refractivity contribution in [3.8, 4) is 5.75 Å². The van der Waals surface area contributed by atoms with Crippen molar-refractivity contribution in [3.05, 3.63) is 47.8 Å². The number of hydrogen-bond donors (Lipinski definition) is 1. The van der Waals surface area contributed by atoms with Crippen LogP contribution in [0.1, 0.15) is 5.56 Å². The maximum atomic E-state index is 13.6. The van der Waals surface area contributed by atoms with Gasteiger partial charge in [0.15, 0.2) is 0 Å². The molecule has 2 rings (SSSR count). The molecule has 0 saturated heterocycles. The van der Waals surface area contributed by atoms with Crippen LogP contribution in [0.15, 0.2) is 46.2 Å². The predicted molar refractivity (Wildman–Crippen MR) is 113 cm³/mol. The molecule has 2 aromatic rings. The number of ether oxygens (including phenoxy) is 1. The van der Waals surface area contributed by atoms with E-state index in [1.165, 1.54) is 52.5 Å². The number of carbonyl (C=O) groups excluding carboxylic acids is 1. The van der Waals surface area contributed by atoms with E-state index in [0.717, 1.165) is 20.7 Å². The molecule has 1 N–H and O–H groups in total. The Morgan fingerprint density at radius 3 is 2.26 bits per heavy atom. The fourth-order valence-electron chi connectivity index (χ4n) is 2.60. The summed E-state index contributed by atoms with van der Waals surface area (Å²) in [7, 11) is -2.78. The summed E-state index contributed by atoms with van der Waals surface area (Å²) in [6, 6.07) is 7.28. The standard InChI is InChI=1S/C19H24FN3O6S2/c1-13-6-8-15(30(25,26)22(2)3)11-16(13)21-19(24)12-23(4)31(27,28)18-10-14(20)7-9-17(18)29-5/h6-11H,12H2,1-5H3,(H,21,24). The molecule has 0 aliphatic rings. The minimum Gasteiger partial charge on any atom is -0.495 e. The first-order valence-corrected chi connectivity index (χ1v) is 11.8. The summed E-state index contributed by atoms with van der Waals surface area (Å²) in [6.45, 7) is 1.08. The molecule has 0 aromatic heterocycles. The molecule has 9 nitrogen and oxygen atoms in total. The van der Waals surface area contributed by atoms with Gasteiger partial charge in [0.05, 0.1) is 18.6 Å². The van der Waals surface area contributed by atoms with E-state index in [-0.39, 0.29) is 16.3 Å². The van der Waals surface area contributed by atoms with Crippen LogP contribution < -0.4 is 10.1 Å². The lowest BCUT2D eigenvalue weighted by atomic mass is 10.2. The van der Waals surface area contributed by atoms with Crippen LogP contribution in [0.3, 0.4) is 0 Å². The van der Waals surface area contributed by atoms with Crippen LogP contribution in [0.25, 0.3) is 0 Å². The van der Waals surface area contributed by atoms with Crippen LogP contribution in [-0.2, 0) is 24.8 Å². The fraction of sp³-hybridized carbons (Fsp3) is 0.316. The van der Waals surface area contributed by atoms with E-state index in [9.17, 15) is 26.0 Å². The summed E-state index contributed by atoms with van der Waals surface area (Å²) < 4.78 is 70.6. The molecule has 0 heterocycles. The average molecular weight is 474 g/mol. The number of halogens is 1. The van der Waals surface area contributed by atoms with Gasteiger partial charge in [-0.25, -0.2) is 25.5 Å². The summed E-state index contributed by atoms with van der Waals surface area (Å²) in [6.07, 6.45) is 0. The lowest BCUT2D eigenvalue weighted by molar-refractivity contribution is -0.116. The van der Waals surface area contributed by atoms with E-state index in [1.807, 2.05) is 0 Å². The number of sulfonamides is 2. The summed E-state index contributed by atoms with van der Waals surface area (Å²) in [4.78, 5) is 12.0. The number of aryl methyl sites for hydroxylation is 1. The van der Waals surface area contributed by atoms with Gasteiger partial charge in [0, 0.05) is 26.8 Å². The molecule has 0 saturated carbocycles. The Labute approximate surface area is 181 Å². The predicted octanol–water partition coefficient (Wildman–Crippen LogP) is 1.65. The summed E-state index contributed by atoms with van der Waals surface area (Å²) >= 11 is 0. The Bertz CT molecular complexity index is 1200. The Balaban J connectivity index is 2.26. The highest BCUT2D eigenvalue weighted by Gasteiger charge is 2.27. The van der Waals surface area contributed by atoms with Gasteiger partial charge in [-0.3, -0.25) is 4.79 Å². The summed E-state index contributed by atoms with van der Waals surface area (Å²) in [5, 5.41) is 2.52. The molecule has 1 amide bonds. The third kappa shape index (κ3) is 5.39. The van der Waals surface area contributed by atoms with Crippen LogP contribution in [-0.4, -0.2) is 66.2 Å². The second kappa shape index (κ2) is 9.30. The monoisotopic (exact) mass is 473 g/mol. The first kappa shape index (κ1) is 24.7. The Hall–Kier alpha value is -2.54. The number of likely N-dealkylation sites (N-methyl/N-ethyl adjacent to an activating group) is 1. The van der Waals surface area contributed by atoms with Gasteiger partial charge in [0.2, 0.25) is 26.0 Å². The molecular formula is C19H24FN3O6S2. The summed E-state index contributed by atoms with van der Waals surface area (Å²) in [5.74, 6) is -1.54. The zero-order chi connectivity index (χ0) is 23.6. The van der Waals surface area contributed by atoms with Crippen molar-refractivity contribution in [2.75, 3.05) is 40.1 Å². The normalized spacial score (nSPS) is 12.3. The van der Waals surface area contributed by atoms with Gasteiger partial charge in [-0.05, 0) is 42.8 Å². The minimum absolute atomic E-state index is 0.0242. The largest absolute Gasteiger partial charge is 0.495 e. The number of anilines is 1.